The highest BCUT2D eigenvalue weighted by Gasteiger charge is 2.20. The zero-order valence-corrected chi connectivity index (χ0v) is 12.6. The van der Waals surface area contributed by atoms with Gasteiger partial charge in [-0.3, -0.25) is 14.9 Å². The number of carbonyl (C=O) groups excluding carboxylic acids is 1. The van der Waals surface area contributed by atoms with Crippen LogP contribution in [-0.2, 0) is 4.79 Å². The predicted octanol–water partition coefficient (Wildman–Crippen LogP) is 3.39. The van der Waals surface area contributed by atoms with Crippen molar-refractivity contribution in [3.63, 3.8) is 0 Å². The number of nitro groups is 1. The average molecular weight is 306 g/mol. The lowest BCUT2D eigenvalue weighted by molar-refractivity contribution is -0.384. The summed E-state index contributed by atoms with van der Waals surface area (Å²) in [6.45, 7) is 5.34. The highest BCUT2D eigenvalue weighted by molar-refractivity contribution is 7.07. The molecule has 0 N–H and O–H groups in total. The molecule has 1 aromatic carbocycles. The van der Waals surface area contributed by atoms with Crippen molar-refractivity contribution in [2.45, 2.75) is 20.8 Å². The summed E-state index contributed by atoms with van der Waals surface area (Å²) in [4.78, 5) is 26.1. The zero-order valence-electron chi connectivity index (χ0n) is 11.8. The summed E-state index contributed by atoms with van der Waals surface area (Å²) in [6, 6.07) is 6.00. The molecule has 21 heavy (non-hydrogen) atoms. The Balaban J connectivity index is 2.30. The standard InChI is InChI=1S/C14H14N2O4S/c1-14(2,3)12(17)15-13-20-11(8-21-13)9-4-6-10(7-5-9)16(18)19/h4-8H,1-3H3. The van der Waals surface area contributed by atoms with E-state index >= 15 is 0 Å². The molecule has 1 amide bonds. The molecule has 0 radical (unpaired) electrons. The number of hydrogen-bond acceptors (Lipinski definition) is 5. The van der Waals surface area contributed by atoms with Crippen LogP contribution in [0.2, 0.25) is 0 Å². The summed E-state index contributed by atoms with van der Waals surface area (Å²) in [7, 11) is 0. The van der Waals surface area contributed by atoms with Crippen LogP contribution in [-0.4, -0.2) is 10.8 Å². The molecule has 6 nitrogen and oxygen atoms in total. The van der Waals surface area contributed by atoms with Gasteiger partial charge in [0.1, 0.15) is 5.76 Å². The van der Waals surface area contributed by atoms with Crippen molar-refractivity contribution in [2.24, 2.45) is 10.4 Å². The third-order valence-electron chi connectivity index (χ3n) is 2.66. The molecular weight excluding hydrogens is 292 g/mol. The van der Waals surface area contributed by atoms with Crippen LogP contribution in [0.4, 0.5) is 5.69 Å². The van der Waals surface area contributed by atoms with Gasteiger partial charge in [-0.2, -0.15) is 4.99 Å². The molecule has 0 atom stereocenters. The van der Waals surface area contributed by atoms with E-state index in [-0.39, 0.29) is 16.5 Å². The van der Waals surface area contributed by atoms with Crippen LogP contribution in [0.5, 0.6) is 0 Å². The zero-order chi connectivity index (χ0) is 15.6. The molecule has 0 saturated carbocycles. The summed E-state index contributed by atoms with van der Waals surface area (Å²) in [5.74, 6) is 0.263. The fourth-order valence-corrected chi connectivity index (χ4v) is 2.09. The highest BCUT2D eigenvalue weighted by Crippen LogP contribution is 2.23. The van der Waals surface area contributed by atoms with Crippen LogP contribution in [0.3, 0.4) is 0 Å². The molecule has 2 aromatic rings. The maximum atomic E-state index is 11.8. The van der Waals surface area contributed by atoms with E-state index in [1.165, 1.54) is 23.5 Å². The van der Waals surface area contributed by atoms with E-state index in [0.717, 1.165) is 0 Å². The minimum atomic E-state index is -0.562. The van der Waals surface area contributed by atoms with Crippen LogP contribution in [0.15, 0.2) is 39.1 Å². The van der Waals surface area contributed by atoms with Crippen LogP contribution in [0, 0.1) is 15.5 Å². The fourth-order valence-electron chi connectivity index (χ4n) is 1.42. The summed E-state index contributed by atoms with van der Waals surface area (Å²) < 4.78 is 5.50. The van der Waals surface area contributed by atoms with Gasteiger partial charge in [0.2, 0.25) is 0 Å². The lowest BCUT2D eigenvalue weighted by Gasteiger charge is -2.10. The molecule has 1 aromatic heterocycles. The van der Waals surface area contributed by atoms with Gasteiger partial charge in [-0.25, -0.2) is 0 Å². The Kier molecular flexibility index (Phi) is 4.04. The van der Waals surface area contributed by atoms with E-state index in [2.05, 4.69) is 4.99 Å². The third-order valence-corrected chi connectivity index (χ3v) is 3.37. The molecule has 0 aliphatic heterocycles. The van der Waals surface area contributed by atoms with E-state index in [1.807, 2.05) is 0 Å². The van der Waals surface area contributed by atoms with Gasteiger partial charge < -0.3 is 4.42 Å². The lowest BCUT2D eigenvalue weighted by Crippen LogP contribution is -2.19. The van der Waals surface area contributed by atoms with Gasteiger partial charge in [-0.05, 0) is 12.1 Å². The van der Waals surface area contributed by atoms with Gasteiger partial charge in [0, 0.05) is 28.5 Å². The Labute approximate surface area is 124 Å². The number of rotatable bonds is 2. The predicted molar refractivity (Wildman–Crippen MR) is 78.7 cm³/mol. The molecule has 2 rings (SSSR count). The van der Waals surface area contributed by atoms with Gasteiger partial charge in [0.05, 0.1) is 4.92 Å². The van der Waals surface area contributed by atoms with Crippen molar-refractivity contribution >= 4 is 22.9 Å². The number of hydrogen-bond donors (Lipinski definition) is 0. The molecule has 0 spiro atoms. The number of benzene rings is 1. The van der Waals surface area contributed by atoms with Crippen LogP contribution < -0.4 is 4.87 Å². The van der Waals surface area contributed by atoms with Gasteiger partial charge in [0.25, 0.3) is 16.5 Å². The molecule has 0 aliphatic rings. The van der Waals surface area contributed by atoms with Gasteiger partial charge in [-0.15, -0.1) is 0 Å². The molecule has 0 fully saturated rings. The topological polar surface area (TPSA) is 85.7 Å². The SMILES string of the molecule is CC(C)(C)C(=O)N=c1oc(-c2ccc([N+](=O)[O-])cc2)cs1. The largest absolute Gasteiger partial charge is 0.429 e. The van der Waals surface area contributed by atoms with Gasteiger partial charge >= 0.3 is 0 Å². The first-order valence-corrected chi connectivity index (χ1v) is 7.08. The van der Waals surface area contributed by atoms with Crippen molar-refractivity contribution in [1.82, 2.24) is 0 Å². The van der Waals surface area contributed by atoms with E-state index in [9.17, 15) is 14.9 Å². The summed E-state index contributed by atoms with van der Waals surface area (Å²) >= 11 is 1.21. The fraction of sp³-hybridized carbons (Fsp3) is 0.286. The average Bonchev–Trinajstić information content (AvgIpc) is 2.86. The summed E-state index contributed by atoms with van der Waals surface area (Å²) in [5, 5.41) is 12.3. The van der Waals surface area contributed by atoms with E-state index in [4.69, 9.17) is 4.42 Å². The Morgan fingerprint density at radius 2 is 1.90 bits per heavy atom. The molecular formula is C14H14N2O4S. The van der Waals surface area contributed by atoms with Crippen molar-refractivity contribution in [3.8, 4) is 11.3 Å². The Morgan fingerprint density at radius 1 is 1.29 bits per heavy atom. The number of nitrogens with zero attached hydrogens (tertiary/aromatic N) is 2. The monoisotopic (exact) mass is 306 g/mol. The molecule has 0 bridgehead atoms. The Bertz CT molecular complexity index is 735. The van der Waals surface area contributed by atoms with Gasteiger partial charge in [0.15, 0.2) is 0 Å². The second-order valence-corrected chi connectivity index (χ2v) is 6.26. The van der Waals surface area contributed by atoms with Crippen LogP contribution in [0.1, 0.15) is 20.8 Å². The number of nitro benzene ring substituents is 1. The number of carbonyl (C=O) groups is 1. The van der Waals surface area contributed by atoms with E-state index < -0.39 is 10.3 Å². The quantitative estimate of drug-likeness (QED) is 0.628. The molecule has 0 unspecified atom stereocenters. The second-order valence-electron chi connectivity index (χ2n) is 5.44. The minimum Gasteiger partial charge on any atom is -0.429 e. The molecule has 0 aliphatic carbocycles. The third kappa shape index (κ3) is 3.63. The molecule has 1 heterocycles. The lowest BCUT2D eigenvalue weighted by atomic mass is 9.96. The maximum Gasteiger partial charge on any atom is 0.281 e. The van der Waals surface area contributed by atoms with E-state index in [1.54, 1.807) is 38.3 Å². The summed E-state index contributed by atoms with van der Waals surface area (Å²) in [5.41, 5.74) is 0.149. The highest BCUT2D eigenvalue weighted by atomic mass is 32.1. The van der Waals surface area contributed by atoms with Crippen molar-refractivity contribution in [1.29, 1.82) is 0 Å². The minimum absolute atomic E-state index is 0.0156. The number of non-ortho nitro benzene ring substituents is 1. The van der Waals surface area contributed by atoms with E-state index in [0.29, 0.717) is 11.3 Å². The summed E-state index contributed by atoms with van der Waals surface area (Å²) in [6.07, 6.45) is 0. The van der Waals surface area contributed by atoms with Gasteiger partial charge in [-0.1, -0.05) is 32.1 Å². The Hall–Kier alpha value is -2.28. The first kappa shape index (κ1) is 15.1. The second kappa shape index (κ2) is 5.61. The number of amides is 1. The maximum absolute atomic E-state index is 11.8. The smallest absolute Gasteiger partial charge is 0.281 e. The van der Waals surface area contributed by atoms with Crippen LogP contribution in [0.25, 0.3) is 11.3 Å². The molecule has 7 heteroatoms. The first-order chi connectivity index (χ1) is 9.77. The first-order valence-electron chi connectivity index (χ1n) is 6.20. The molecule has 110 valence electrons. The molecule has 0 saturated heterocycles. The van der Waals surface area contributed by atoms with Crippen molar-refractivity contribution in [2.75, 3.05) is 0 Å². The van der Waals surface area contributed by atoms with Crippen LogP contribution >= 0.6 is 11.3 Å². The Morgan fingerprint density at radius 3 is 2.43 bits per heavy atom. The van der Waals surface area contributed by atoms with Crippen molar-refractivity contribution < 1.29 is 14.1 Å². The van der Waals surface area contributed by atoms with Crippen molar-refractivity contribution in [3.05, 3.63) is 44.6 Å². The normalized spacial score (nSPS) is 12.4.